The van der Waals surface area contributed by atoms with Crippen LogP contribution in [-0.2, 0) is 0 Å². The highest BCUT2D eigenvalue weighted by atomic mass is 16.5. The first-order chi connectivity index (χ1) is 12.1. The summed E-state index contributed by atoms with van der Waals surface area (Å²) in [6.45, 7) is 7.13. The highest BCUT2D eigenvalue weighted by Gasteiger charge is 2.05. The number of anilines is 1. The molecule has 134 valence electrons. The van der Waals surface area contributed by atoms with Gasteiger partial charge in [0.05, 0.1) is 19.4 Å². The molecule has 0 spiro atoms. The zero-order valence-electron chi connectivity index (χ0n) is 14.8. The average molecular weight is 344 g/mol. The largest absolute Gasteiger partial charge is 0.493 e. The van der Waals surface area contributed by atoms with E-state index in [-0.39, 0.29) is 5.56 Å². The monoisotopic (exact) mass is 344 g/mol. The third kappa shape index (κ3) is 5.95. The molecule has 1 heterocycles. The van der Waals surface area contributed by atoms with Crippen LogP contribution in [0.3, 0.4) is 0 Å². The van der Waals surface area contributed by atoms with E-state index in [1.807, 2.05) is 25.1 Å². The number of aromatic nitrogens is 2. The Kier molecular flexibility index (Phi) is 7.00. The molecule has 7 heteroatoms. The maximum atomic E-state index is 11.4. The Balaban J connectivity index is 2.14. The van der Waals surface area contributed by atoms with Gasteiger partial charge in [0.2, 0.25) is 5.95 Å². The number of benzene rings is 1. The van der Waals surface area contributed by atoms with Crippen LogP contribution in [0.15, 0.2) is 34.2 Å². The minimum absolute atomic E-state index is 0.227. The normalized spacial score (nSPS) is 10.8. The standard InChI is InChI=1S/C18H24N4O3/c1-4-8-24-15-7-6-14(16(11-15)25-9-5-2)12-19-22-18-20-13(3)10-17(23)21-18/h6-7,10-12H,4-5,8-9H2,1-3H3,(H2,20,21,22,23)/b19-12-. The van der Waals surface area contributed by atoms with Gasteiger partial charge in [-0.05, 0) is 31.9 Å². The number of H-pyrrole nitrogens is 1. The van der Waals surface area contributed by atoms with Gasteiger partial charge in [-0.15, -0.1) is 0 Å². The molecule has 2 aromatic rings. The van der Waals surface area contributed by atoms with Gasteiger partial charge in [0.15, 0.2) is 0 Å². The van der Waals surface area contributed by atoms with E-state index in [0.29, 0.717) is 30.6 Å². The molecule has 2 N–H and O–H groups in total. The Morgan fingerprint density at radius 2 is 1.96 bits per heavy atom. The molecular weight excluding hydrogens is 320 g/mol. The number of hydrogen-bond acceptors (Lipinski definition) is 6. The van der Waals surface area contributed by atoms with Crippen LogP contribution in [-0.4, -0.2) is 29.4 Å². The number of aryl methyl sites for hydroxylation is 1. The maximum absolute atomic E-state index is 11.4. The Bertz CT molecular complexity index is 771. The van der Waals surface area contributed by atoms with Crippen molar-refractivity contribution in [3.05, 3.63) is 45.9 Å². The Morgan fingerprint density at radius 3 is 2.68 bits per heavy atom. The van der Waals surface area contributed by atoms with Crippen LogP contribution in [0, 0.1) is 6.92 Å². The summed E-state index contributed by atoms with van der Waals surface area (Å²) in [5, 5.41) is 4.13. The topological polar surface area (TPSA) is 88.6 Å². The van der Waals surface area contributed by atoms with E-state index in [1.54, 1.807) is 13.1 Å². The molecule has 2 rings (SSSR count). The summed E-state index contributed by atoms with van der Waals surface area (Å²) in [5.41, 5.74) is 3.92. The van der Waals surface area contributed by atoms with Crippen LogP contribution < -0.4 is 20.5 Å². The van der Waals surface area contributed by atoms with Crippen molar-refractivity contribution in [2.24, 2.45) is 5.10 Å². The summed E-state index contributed by atoms with van der Waals surface area (Å²) in [7, 11) is 0. The minimum Gasteiger partial charge on any atom is -0.493 e. The average Bonchev–Trinajstić information content (AvgIpc) is 2.58. The van der Waals surface area contributed by atoms with Crippen molar-refractivity contribution in [2.45, 2.75) is 33.6 Å². The van der Waals surface area contributed by atoms with E-state index >= 15 is 0 Å². The van der Waals surface area contributed by atoms with Gasteiger partial charge < -0.3 is 9.47 Å². The van der Waals surface area contributed by atoms with Gasteiger partial charge >= 0.3 is 0 Å². The molecule has 1 aromatic heterocycles. The van der Waals surface area contributed by atoms with E-state index < -0.39 is 0 Å². The molecule has 7 nitrogen and oxygen atoms in total. The quantitative estimate of drug-likeness (QED) is 0.539. The lowest BCUT2D eigenvalue weighted by molar-refractivity contribution is 0.301. The Labute approximate surface area is 147 Å². The molecule has 0 aliphatic rings. The van der Waals surface area contributed by atoms with Crippen molar-refractivity contribution in [1.29, 1.82) is 0 Å². The van der Waals surface area contributed by atoms with E-state index in [0.717, 1.165) is 24.2 Å². The first kappa shape index (κ1) is 18.5. The third-order valence-electron chi connectivity index (χ3n) is 3.16. The second-order valence-corrected chi connectivity index (χ2v) is 5.50. The van der Waals surface area contributed by atoms with E-state index in [2.05, 4.69) is 27.4 Å². The fraction of sp³-hybridized carbons (Fsp3) is 0.389. The van der Waals surface area contributed by atoms with Crippen molar-refractivity contribution in [2.75, 3.05) is 18.6 Å². The fourth-order valence-electron chi connectivity index (χ4n) is 2.06. The summed E-state index contributed by atoms with van der Waals surface area (Å²) in [6.07, 6.45) is 3.47. The van der Waals surface area contributed by atoms with Gasteiger partial charge in [0.25, 0.3) is 5.56 Å². The second kappa shape index (κ2) is 9.46. The van der Waals surface area contributed by atoms with Crippen LogP contribution >= 0.6 is 0 Å². The zero-order chi connectivity index (χ0) is 18.1. The smallest absolute Gasteiger partial charge is 0.252 e. The SMILES string of the molecule is CCCOc1ccc(/C=N\Nc2nc(C)cc(=O)[nH]2)c(OCCC)c1. The first-order valence-corrected chi connectivity index (χ1v) is 8.39. The van der Waals surface area contributed by atoms with Crippen LogP contribution in [0.2, 0.25) is 0 Å². The predicted octanol–water partition coefficient (Wildman–Crippen LogP) is 3.10. The minimum atomic E-state index is -0.227. The molecule has 0 aliphatic heterocycles. The zero-order valence-corrected chi connectivity index (χ0v) is 14.8. The molecule has 0 bridgehead atoms. The highest BCUT2D eigenvalue weighted by molar-refractivity contribution is 5.84. The highest BCUT2D eigenvalue weighted by Crippen LogP contribution is 2.24. The molecule has 0 radical (unpaired) electrons. The molecule has 0 amide bonds. The molecule has 0 aliphatic carbocycles. The number of nitrogens with one attached hydrogen (secondary N) is 2. The third-order valence-corrected chi connectivity index (χ3v) is 3.16. The van der Waals surface area contributed by atoms with Crippen LogP contribution in [0.4, 0.5) is 5.95 Å². The molecule has 0 atom stereocenters. The van der Waals surface area contributed by atoms with E-state index in [1.165, 1.54) is 6.07 Å². The number of hydrogen-bond donors (Lipinski definition) is 2. The van der Waals surface area contributed by atoms with Gasteiger partial charge in [0, 0.05) is 23.4 Å². The number of aromatic amines is 1. The molecule has 1 aromatic carbocycles. The Morgan fingerprint density at radius 1 is 1.20 bits per heavy atom. The van der Waals surface area contributed by atoms with Gasteiger partial charge in [-0.1, -0.05) is 13.8 Å². The van der Waals surface area contributed by atoms with Crippen molar-refractivity contribution >= 4 is 12.2 Å². The van der Waals surface area contributed by atoms with Crippen LogP contribution in [0.5, 0.6) is 11.5 Å². The van der Waals surface area contributed by atoms with Crippen LogP contribution in [0.25, 0.3) is 0 Å². The van der Waals surface area contributed by atoms with Gasteiger partial charge in [-0.25, -0.2) is 10.4 Å². The van der Waals surface area contributed by atoms with Crippen molar-refractivity contribution in [3.63, 3.8) is 0 Å². The first-order valence-electron chi connectivity index (χ1n) is 8.39. The van der Waals surface area contributed by atoms with Crippen molar-refractivity contribution in [3.8, 4) is 11.5 Å². The lowest BCUT2D eigenvalue weighted by Crippen LogP contribution is -2.10. The van der Waals surface area contributed by atoms with Gasteiger partial charge in [-0.3, -0.25) is 9.78 Å². The second-order valence-electron chi connectivity index (χ2n) is 5.50. The van der Waals surface area contributed by atoms with Crippen LogP contribution in [0.1, 0.15) is 37.9 Å². The van der Waals surface area contributed by atoms with E-state index in [4.69, 9.17) is 9.47 Å². The van der Waals surface area contributed by atoms with Gasteiger partial charge in [-0.2, -0.15) is 5.10 Å². The molecule has 0 unspecified atom stereocenters. The summed E-state index contributed by atoms with van der Waals surface area (Å²) in [4.78, 5) is 18.1. The van der Waals surface area contributed by atoms with Crippen molar-refractivity contribution in [1.82, 2.24) is 9.97 Å². The molecule has 0 saturated carbocycles. The molecule has 0 saturated heterocycles. The molecule has 0 fully saturated rings. The Hall–Kier alpha value is -2.83. The van der Waals surface area contributed by atoms with Gasteiger partial charge in [0.1, 0.15) is 11.5 Å². The number of hydrazone groups is 1. The molecular formula is C18H24N4O3. The lowest BCUT2D eigenvalue weighted by Gasteiger charge is -2.11. The number of ether oxygens (including phenoxy) is 2. The molecule has 25 heavy (non-hydrogen) atoms. The predicted molar refractivity (Wildman–Crippen MR) is 98.8 cm³/mol. The summed E-state index contributed by atoms with van der Waals surface area (Å²) in [5.74, 6) is 1.76. The number of rotatable bonds is 9. The van der Waals surface area contributed by atoms with Crippen molar-refractivity contribution < 1.29 is 9.47 Å². The number of nitrogens with zero attached hydrogens (tertiary/aromatic N) is 2. The lowest BCUT2D eigenvalue weighted by atomic mass is 10.2. The summed E-state index contributed by atoms with van der Waals surface area (Å²) < 4.78 is 11.4. The summed E-state index contributed by atoms with van der Waals surface area (Å²) in [6, 6.07) is 7.04. The maximum Gasteiger partial charge on any atom is 0.252 e. The van der Waals surface area contributed by atoms with E-state index in [9.17, 15) is 4.79 Å². The summed E-state index contributed by atoms with van der Waals surface area (Å²) >= 11 is 0. The fourth-order valence-corrected chi connectivity index (χ4v) is 2.06.